The molecule has 0 fully saturated rings. The Morgan fingerprint density at radius 3 is 2.38 bits per heavy atom. The highest BCUT2D eigenvalue weighted by Gasteiger charge is 2.17. The number of phenolic OH excluding ortho intramolecular Hbond substituents is 1. The number of pyridine rings is 1. The number of aryl methyl sites for hydroxylation is 1. The smallest absolute Gasteiger partial charge is 0.263 e. The quantitative estimate of drug-likeness (QED) is 0.405. The van der Waals surface area contributed by atoms with Gasteiger partial charge in [0.25, 0.3) is 11.5 Å². The lowest BCUT2D eigenvalue weighted by molar-refractivity contribution is -0.115. The van der Waals surface area contributed by atoms with Crippen molar-refractivity contribution in [2.45, 2.75) is 6.42 Å². The standard InChI is InChI=1S/C27H23N3O4/c1-3-17-7-11-19(12-8-17)28-26(33)22-16-21-23(5-4-6-24(21)30(2)27(22)34)29-25(32)15-18-9-13-20(31)14-10-18/h3-14,16,31H,1,15H2,2H3,(H,28,33)(H,29,32). The van der Waals surface area contributed by atoms with Gasteiger partial charge in [-0.3, -0.25) is 14.4 Å². The van der Waals surface area contributed by atoms with E-state index in [2.05, 4.69) is 17.2 Å². The van der Waals surface area contributed by atoms with Crippen molar-refractivity contribution in [3.8, 4) is 5.75 Å². The topological polar surface area (TPSA) is 100 Å². The molecule has 0 aliphatic carbocycles. The van der Waals surface area contributed by atoms with Crippen molar-refractivity contribution in [1.82, 2.24) is 4.57 Å². The summed E-state index contributed by atoms with van der Waals surface area (Å²) >= 11 is 0. The molecule has 3 aromatic carbocycles. The van der Waals surface area contributed by atoms with E-state index in [1.54, 1.807) is 55.6 Å². The number of amides is 2. The van der Waals surface area contributed by atoms with Crippen LogP contribution in [0.15, 0.2) is 84.2 Å². The summed E-state index contributed by atoms with van der Waals surface area (Å²) in [7, 11) is 1.59. The first-order chi connectivity index (χ1) is 16.4. The summed E-state index contributed by atoms with van der Waals surface area (Å²) in [6.45, 7) is 3.70. The Bertz CT molecular complexity index is 1450. The third-order valence-electron chi connectivity index (χ3n) is 5.49. The van der Waals surface area contributed by atoms with Gasteiger partial charge in [-0.2, -0.15) is 0 Å². The first-order valence-corrected chi connectivity index (χ1v) is 10.6. The minimum atomic E-state index is -0.543. The van der Waals surface area contributed by atoms with Crippen LogP contribution in [0.5, 0.6) is 5.75 Å². The maximum atomic E-state index is 12.9. The fourth-order valence-corrected chi connectivity index (χ4v) is 3.66. The van der Waals surface area contributed by atoms with Crippen LogP contribution in [-0.4, -0.2) is 21.5 Å². The number of nitrogens with zero attached hydrogens (tertiary/aromatic N) is 1. The van der Waals surface area contributed by atoms with Crippen molar-refractivity contribution in [3.05, 3.63) is 106 Å². The number of aromatic nitrogens is 1. The van der Waals surface area contributed by atoms with E-state index in [4.69, 9.17) is 0 Å². The second kappa shape index (κ2) is 9.46. The van der Waals surface area contributed by atoms with Gasteiger partial charge < -0.3 is 20.3 Å². The zero-order chi connectivity index (χ0) is 24.2. The van der Waals surface area contributed by atoms with Gasteiger partial charge >= 0.3 is 0 Å². The minimum Gasteiger partial charge on any atom is -0.508 e. The van der Waals surface area contributed by atoms with E-state index in [0.29, 0.717) is 22.3 Å². The van der Waals surface area contributed by atoms with Gasteiger partial charge in [0.2, 0.25) is 5.91 Å². The molecule has 170 valence electrons. The molecule has 4 rings (SSSR count). The largest absolute Gasteiger partial charge is 0.508 e. The first kappa shape index (κ1) is 22.5. The molecule has 34 heavy (non-hydrogen) atoms. The van der Waals surface area contributed by atoms with Crippen molar-refractivity contribution in [3.63, 3.8) is 0 Å². The molecule has 0 bridgehead atoms. The maximum Gasteiger partial charge on any atom is 0.263 e. The predicted molar refractivity (Wildman–Crippen MR) is 134 cm³/mol. The Hall–Kier alpha value is -4.65. The SMILES string of the molecule is C=Cc1ccc(NC(=O)c2cc3c(NC(=O)Cc4ccc(O)cc4)cccc3n(C)c2=O)cc1. The minimum absolute atomic E-state index is 0.0389. The average molecular weight is 453 g/mol. The van der Waals surface area contributed by atoms with Crippen molar-refractivity contribution in [2.75, 3.05) is 10.6 Å². The van der Waals surface area contributed by atoms with Crippen molar-refractivity contribution >= 4 is 40.2 Å². The highest BCUT2D eigenvalue weighted by atomic mass is 16.3. The summed E-state index contributed by atoms with van der Waals surface area (Å²) in [5, 5.41) is 15.6. The van der Waals surface area contributed by atoms with Crippen LogP contribution in [0.2, 0.25) is 0 Å². The molecule has 1 heterocycles. The molecule has 4 aromatic rings. The van der Waals surface area contributed by atoms with Crippen LogP contribution in [0.4, 0.5) is 11.4 Å². The number of rotatable bonds is 6. The number of anilines is 2. The number of hydrogen-bond acceptors (Lipinski definition) is 4. The number of hydrogen-bond donors (Lipinski definition) is 3. The van der Waals surface area contributed by atoms with Crippen molar-refractivity contribution < 1.29 is 14.7 Å². The number of carbonyl (C=O) groups excluding carboxylic acids is 2. The van der Waals surface area contributed by atoms with E-state index in [1.165, 1.54) is 22.8 Å². The van der Waals surface area contributed by atoms with E-state index in [-0.39, 0.29) is 23.6 Å². The Kier molecular flexibility index (Phi) is 6.27. The zero-order valence-electron chi connectivity index (χ0n) is 18.5. The lowest BCUT2D eigenvalue weighted by Gasteiger charge is -2.13. The van der Waals surface area contributed by atoms with Gasteiger partial charge in [-0.1, -0.05) is 43.0 Å². The summed E-state index contributed by atoms with van der Waals surface area (Å²) in [5.41, 5.74) is 2.79. The van der Waals surface area contributed by atoms with E-state index in [1.807, 2.05) is 12.1 Å². The Morgan fingerprint density at radius 2 is 1.71 bits per heavy atom. The van der Waals surface area contributed by atoms with E-state index in [0.717, 1.165) is 11.1 Å². The lowest BCUT2D eigenvalue weighted by Crippen LogP contribution is -2.28. The van der Waals surface area contributed by atoms with Crippen LogP contribution in [0, 0.1) is 0 Å². The van der Waals surface area contributed by atoms with Crippen LogP contribution in [-0.2, 0) is 18.3 Å². The summed E-state index contributed by atoms with van der Waals surface area (Å²) in [6.07, 6.45) is 1.80. The monoisotopic (exact) mass is 453 g/mol. The number of fused-ring (bicyclic) bond motifs is 1. The normalized spacial score (nSPS) is 10.6. The third-order valence-corrected chi connectivity index (χ3v) is 5.49. The summed E-state index contributed by atoms with van der Waals surface area (Å²) < 4.78 is 1.39. The van der Waals surface area contributed by atoms with Gasteiger partial charge in [0.05, 0.1) is 17.6 Å². The highest BCUT2D eigenvalue weighted by Crippen LogP contribution is 2.24. The molecule has 0 saturated carbocycles. The van der Waals surface area contributed by atoms with Crippen LogP contribution < -0.4 is 16.2 Å². The molecule has 0 aliphatic rings. The number of nitrogens with one attached hydrogen (secondary N) is 2. The van der Waals surface area contributed by atoms with Crippen LogP contribution in [0.3, 0.4) is 0 Å². The second-order valence-electron chi connectivity index (χ2n) is 7.83. The summed E-state index contributed by atoms with van der Waals surface area (Å²) in [5.74, 6) is -0.680. The van der Waals surface area contributed by atoms with Gasteiger partial charge in [0.15, 0.2) is 0 Å². The highest BCUT2D eigenvalue weighted by molar-refractivity contribution is 6.08. The Morgan fingerprint density at radius 1 is 1.00 bits per heavy atom. The molecular formula is C27H23N3O4. The first-order valence-electron chi connectivity index (χ1n) is 10.6. The number of aromatic hydroxyl groups is 1. The van der Waals surface area contributed by atoms with Crippen molar-refractivity contribution in [1.29, 1.82) is 0 Å². The molecule has 0 radical (unpaired) electrons. The fraction of sp³-hybridized carbons (Fsp3) is 0.0741. The predicted octanol–water partition coefficient (Wildman–Crippen LogP) is 4.32. The molecule has 0 aliphatic heterocycles. The zero-order valence-corrected chi connectivity index (χ0v) is 18.5. The Labute approximate surface area is 196 Å². The molecule has 7 heteroatoms. The lowest BCUT2D eigenvalue weighted by atomic mass is 10.1. The molecule has 7 nitrogen and oxygen atoms in total. The van der Waals surface area contributed by atoms with Crippen LogP contribution in [0.25, 0.3) is 17.0 Å². The number of carbonyl (C=O) groups is 2. The number of phenols is 1. The molecule has 0 atom stereocenters. The molecular weight excluding hydrogens is 430 g/mol. The van der Waals surface area contributed by atoms with Crippen LogP contribution in [0.1, 0.15) is 21.5 Å². The molecule has 1 aromatic heterocycles. The van der Waals surface area contributed by atoms with Crippen molar-refractivity contribution in [2.24, 2.45) is 7.05 Å². The number of benzene rings is 3. The maximum absolute atomic E-state index is 12.9. The molecule has 0 unspecified atom stereocenters. The van der Waals surface area contributed by atoms with E-state index in [9.17, 15) is 19.5 Å². The molecule has 0 saturated heterocycles. The van der Waals surface area contributed by atoms with E-state index < -0.39 is 11.5 Å². The van der Waals surface area contributed by atoms with Gasteiger partial charge in [0.1, 0.15) is 11.3 Å². The fourth-order valence-electron chi connectivity index (χ4n) is 3.66. The third kappa shape index (κ3) is 4.73. The molecule has 3 N–H and O–H groups in total. The van der Waals surface area contributed by atoms with E-state index >= 15 is 0 Å². The van der Waals surface area contributed by atoms with Gasteiger partial charge in [-0.25, -0.2) is 0 Å². The summed E-state index contributed by atoms with van der Waals surface area (Å²) in [6, 6.07) is 20.2. The van der Waals surface area contributed by atoms with Crippen LogP contribution >= 0.6 is 0 Å². The average Bonchev–Trinajstić information content (AvgIpc) is 2.83. The summed E-state index contributed by atoms with van der Waals surface area (Å²) in [4.78, 5) is 38.5. The second-order valence-corrected chi connectivity index (χ2v) is 7.83. The molecule has 0 spiro atoms. The molecule has 2 amide bonds. The van der Waals surface area contributed by atoms with Gasteiger partial charge in [-0.05, 0) is 53.6 Å². The van der Waals surface area contributed by atoms with Gasteiger partial charge in [-0.15, -0.1) is 0 Å². The van der Waals surface area contributed by atoms with Gasteiger partial charge in [0, 0.05) is 18.1 Å². The Balaban J connectivity index is 1.64.